The molecule has 0 radical (unpaired) electrons. The molecule has 0 bridgehead atoms. The quantitative estimate of drug-likeness (QED) is 0.0969. The molecule has 0 aromatic heterocycles. The van der Waals surface area contributed by atoms with Crippen LogP contribution >= 0.6 is 39.5 Å². The van der Waals surface area contributed by atoms with Crippen molar-refractivity contribution in [2.75, 3.05) is 18.1 Å². The van der Waals surface area contributed by atoms with Crippen LogP contribution in [0.25, 0.3) is 0 Å². The Morgan fingerprint density at radius 1 is 0.288 bits per heavy atom. The molecule has 0 fully saturated rings. The smallest absolute Gasteiger partial charge is 0.396 e. The lowest BCUT2D eigenvalue weighted by molar-refractivity contribution is -0.458. The fourth-order valence-electron chi connectivity index (χ4n) is 3.31. The fourth-order valence-corrected chi connectivity index (χ4v) is 6.29. The Morgan fingerprint density at radius 3 is 0.627 bits per heavy atom. The van der Waals surface area contributed by atoms with Gasteiger partial charge < -0.3 is 5.11 Å². The van der Waals surface area contributed by atoms with E-state index < -0.39 is 146 Å². The highest BCUT2D eigenvalue weighted by atomic mass is 79.9. The van der Waals surface area contributed by atoms with Crippen LogP contribution in [0.4, 0.5) is 149 Å². The van der Waals surface area contributed by atoms with Gasteiger partial charge in [-0.3, -0.25) is 0 Å². The van der Waals surface area contributed by atoms with Gasteiger partial charge in [0.2, 0.25) is 0 Å². The van der Waals surface area contributed by atoms with Crippen LogP contribution in [0.15, 0.2) is 0 Å². The number of rotatable bonds is 20. The molecule has 0 aliphatic rings. The lowest BCUT2D eigenvalue weighted by Gasteiger charge is -2.43. The Morgan fingerprint density at radius 2 is 0.458 bits per heavy atom. The lowest BCUT2D eigenvalue weighted by atomic mass is 9.91. The van der Waals surface area contributed by atoms with Gasteiger partial charge in [-0.05, 0) is 6.42 Å². The first kappa shape index (κ1) is 57.8. The Bertz CT molecular complexity index is 1360. The highest BCUT2D eigenvalue weighted by Crippen LogP contribution is 2.67. The van der Waals surface area contributed by atoms with Crippen molar-refractivity contribution in [3.63, 3.8) is 0 Å². The highest BCUT2D eigenvalue weighted by Gasteiger charge is 2.97. The van der Waals surface area contributed by atoms with Crippen LogP contribution < -0.4 is 0 Å². The van der Waals surface area contributed by atoms with E-state index in [-0.39, 0.29) is 0 Å². The third kappa shape index (κ3) is 8.35. The summed E-state index contributed by atoms with van der Waals surface area (Å²) in [6.07, 6.45) is -18.2. The first-order valence-electron chi connectivity index (χ1n) is 13.0. The molecule has 0 rings (SSSR count). The second-order valence-electron chi connectivity index (χ2n) is 11.1. The Kier molecular flexibility index (Phi) is 15.2. The number of hydrogen-bond acceptors (Lipinski definition) is 3. The molecule has 0 aliphatic carbocycles. The molecule has 1 nitrogen and oxygen atoms in total. The van der Waals surface area contributed by atoms with Crippen molar-refractivity contribution < 1.29 is 154 Å². The SMILES string of the molecule is OCCC(Br)(CSC(F)(F)C(F)(F)C(F)(F)C(F)(F)C(F)(F)C(F)(F)C(F)(F)C(F)(F)F)CSC(F)(F)C(F)(F)C(F)(F)C(F)(F)C(F)(F)C(F)(F)C(F)(F)C(F)(F)F. The molecule has 0 aliphatic heterocycles. The molecule has 356 valence electrons. The number of alkyl halides is 35. The van der Waals surface area contributed by atoms with Crippen LogP contribution in [0.3, 0.4) is 0 Å². The third-order valence-electron chi connectivity index (χ3n) is 6.97. The van der Waals surface area contributed by atoms with Gasteiger partial charge in [0.15, 0.2) is 0 Å². The summed E-state index contributed by atoms with van der Waals surface area (Å²) in [5.41, 5.74) is 0. The summed E-state index contributed by atoms with van der Waals surface area (Å²) in [5, 5.41) is -6.02. The number of aliphatic hydroxyl groups is 1. The van der Waals surface area contributed by atoms with Crippen molar-refractivity contribution in [2.24, 2.45) is 0 Å². The number of thioether (sulfide) groups is 2. The maximum Gasteiger partial charge on any atom is 0.460 e. The Labute approximate surface area is 317 Å². The molecule has 0 saturated carbocycles. The third-order valence-corrected chi connectivity index (χ3v) is 11.3. The molecule has 38 heteroatoms. The average Bonchev–Trinajstić information content (AvgIpc) is 3.00. The van der Waals surface area contributed by atoms with Crippen LogP contribution in [0, 0.1) is 0 Å². The van der Waals surface area contributed by atoms with E-state index in [9.17, 15) is 149 Å². The first-order chi connectivity index (χ1) is 25.0. The van der Waals surface area contributed by atoms with Gasteiger partial charge in [0.25, 0.3) is 0 Å². The maximum absolute atomic E-state index is 14.3. The Balaban J connectivity index is 6.91. The zero-order valence-corrected chi connectivity index (χ0v) is 29.0. The summed E-state index contributed by atoms with van der Waals surface area (Å²) in [5.74, 6) is -112. The zero-order valence-electron chi connectivity index (χ0n) is 25.8. The standard InChI is InChI=1S/C21H9BrF34OS2/c22-5(1-2-57,3-58-20(53,54)16(43,44)12(35,36)8(27,28)6(23,24)10(31,32)14(39,40)18(47,48)49)4-59-21(55,56)17(45,46)13(37,38)9(29,30)7(25,26)11(33,34)15(41,42)19(50,51)52/h57H,1-4H2. The van der Waals surface area contributed by atoms with Crippen LogP contribution in [0.2, 0.25) is 0 Å². The van der Waals surface area contributed by atoms with Crippen LogP contribution in [-0.4, -0.2) is 121 Å². The molecule has 0 atom stereocenters. The van der Waals surface area contributed by atoms with Crippen LogP contribution in [0.1, 0.15) is 6.42 Å². The van der Waals surface area contributed by atoms with Gasteiger partial charge in [0.05, 0.1) is 0 Å². The van der Waals surface area contributed by atoms with Crippen LogP contribution in [-0.2, 0) is 0 Å². The molecule has 0 heterocycles. The van der Waals surface area contributed by atoms with Crippen LogP contribution in [0.5, 0.6) is 0 Å². The molecule has 0 saturated heterocycles. The second-order valence-corrected chi connectivity index (χ2v) is 15.0. The second kappa shape index (κ2) is 15.5. The number of hydrogen-bond donors (Lipinski definition) is 1. The number of halogens is 35. The minimum Gasteiger partial charge on any atom is -0.396 e. The van der Waals surface area contributed by atoms with E-state index in [1.54, 1.807) is 15.9 Å². The van der Waals surface area contributed by atoms with Crippen molar-refractivity contribution in [1.82, 2.24) is 0 Å². The van der Waals surface area contributed by atoms with Crippen molar-refractivity contribution in [1.29, 1.82) is 0 Å². The van der Waals surface area contributed by atoms with E-state index in [2.05, 4.69) is 0 Å². The van der Waals surface area contributed by atoms with Gasteiger partial charge in [-0.1, -0.05) is 39.5 Å². The topological polar surface area (TPSA) is 20.2 Å². The molecule has 0 amide bonds. The largest absolute Gasteiger partial charge is 0.460 e. The molecular weight excluding hydrogens is 1060 g/mol. The summed E-state index contributed by atoms with van der Waals surface area (Å²) >= 11 is -3.47. The molecule has 59 heavy (non-hydrogen) atoms. The summed E-state index contributed by atoms with van der Waals surface area (Å²) in [6.45, 7) is -1.91. The van der Waals surface area contributed by atoms with E-state index in [4.69, 9.17) is 5.11 Å². The minimum atomic E-state index is -9.15. The summed E-state index contributed by atoms with van der Waals surface area (Å²) in [6, 6.07) is 0. The molecule has 0 spiro atoms. The predicted octanol–water partition coefficient (Wildman–Crippen LogP) is 12.9. The zero-order chi connectivity index (χ0) is 48.7. The van der Waals surface area contributed by atoms with Gasteiger partial charge in [0.1, 0.15) is 0 Å². The van der Waals surface area contributed by atoms with E-state index in [1.165, 1.54) is 0 Å². The Hall–Kier alpha value is -1.24. The molecule has 0 aromatic rings. The lowest BCUT2D eigenvalue weighted by Crippen LogP contribution is -2.74. The summed E-state index contributed by atoms with van der Waals surface area (Å²) in [4.78, 5) is 0. The van der Waals surface area contributed by atoms with Crippen molar-refractivity contribution in [3.05, 3.63) is 0 Å². The van der Waals surface area contributed by atoms with Gasteiger partial charge in [-0.15, -0.1) is 0 Å². The van der Waals surface area contributed by atoms with Gasteiger partial charge >= 0.3 is 93.9 Å². The summed E-state index contributed by atoms with van der Waals surface area (Å²) in [7, 11) is 0. The van der Waals surface area contributed by atoms with Crippen molar-refractivity contribution in [2.45, 2.75) is 105 Å². The normalized spacial score (nSPS) is 16.9. The predicted molar refractivity (Wildman–Crippen MR) is 130 cm³/mol. The van der Waals surface area contributed by atoms with E-state index in [1.807, 2.05) is 0 Å². The fraction of sp³-hybridized carbons (Fsp3) is 1.00. The van der Waals surface area contributed by atoms with Gasteiger partial charge in [-0.25, -0.2) is 0 Å². The first-order valence-corrected chi connectivity index (χ1v) is 15.7. The monoisotopic (exact) mass is 1070 g/mol. The minimum absolute atomic E-state index is 1.71. The van der Waals surface area contributed by atoms with E-state index in [0.717, 1.165) is 0 Å². The highest BCUT2D eigenvalue weighted by molar-refractivity contribution is 9.10. The average molecular weight is 1070 g/mol. The van der Waals surface area contributed by atoms with Crippen molar-refractivity contribution in [3.8, 4) is 0 Å². The molecule has 1 N–H and O–H groups in total. The molecule has 0 aromatic carbocycles. The summed E-state index contributed by atoms with van der Waals surface area (Å²) < 4.78 is 453. The van der Waals surface area contributed by atoms with E-state index >= 15 is 0 Å². The van der Waals surface area contributed by atoms with E-state index in [0.29, 0.717) is 0 Å². The maximum atomic E-state index is 14.3. The number of aliphatic hydroxyl groups excluding tert-OH is 1. The molecule has 0 unspecified atom stereocenters. The van der Waals surface area contributed by atoms with Gasteiger partial charge in [0, 0.05) is 22.4 Å². The molecular formula is C21H9BrF34OS2. The van der Waals surface area contributed by atoms with Gasteiger partial charge in [-0.2, -0.15) is 149 Å². The van der Waals surface area contributed by atoms with Crippen molar-refractivity contribution >= 4 is 39.5 Å².